The predicted molar refractivity (Wildman–Crippen MR) is 132 cm³/mol. The lowest BCUT2D eigenvalue weighted by Crippen LogP contribution is -2.47. The molecule has 0 saturated carbocycles. The van der Waals surface area contributed by atoms with Crippen molar-refractivity contribution in [1.29, 1.82) is 0 Å². The summed E-state index contributed by atoms with van der Waals surface area (Å²) in [5.74, 6) is -0.533. The fourth-order valence-electron chi connectivity index (χ4n) is 3.81. The fourth-order valence-corrected chi connectivity index (χ4v) is 3.81. The third-order valence-corrected chi connectivity index (χ3v) is 5.90. The molecule has 0 bridgehead atoms. The van der Waals surface area contributed by atoms with Crippen LogP contribution in [0.15, 0.2) is 78.9 Å². The molecule has 0 radical (unpaired) electrons. The summed E-state index contributed by atoms with van der Waals surface area (Å²) in [7, 11) is 2.06. The van der Waals surface area contributed by atoms with E-state index in [2.05, 4.69) is 22.6 Å². The van der Waals surface area contributed by atoms with Gasteiger partial charge in [-0.2, -0.15) is 0 Å². The van der Waals surface area contributed by atoms with Crippen LogP contribution in [0, 0.1) is 0 Å². The number of carbonyl (C=O) groups excluding carboxylic acids is 3. The molecule has 0 aliphatic carbocycles. The quantitative estimate of drug-likeness (QED) is 0.597. The van der Waals surface area contributed by atoms with E-state index < -0.39 is 0 Å². The van der Waals surface area contributed by atoms with Crippen LogP contribution in [0.25, 0.3) is 0 Å². The van der Waals surface area contributed by atoms with Crippen LogP contribution in [-0.2, 0) is 6.54 Å². The topological polar surface area (TPSA) is 81.8 Å². The van der Waals surface area contributed by atoms with Gasteiger partial charge in [0.15, 0.2) is 0 Å². The molecule has 1 aliphatic heterocycles. The highest BCUT2D eigenvalue weighted by atomic mass is 16.2. The van der Waals surface area contributed by atoms with Crippen LogP contribution < -0.4 is 10.6 Å². The van der Waals surface area contributed by atoms with E-state index in [0.717, 1.165) is 31.7 Å². The Hall–Kier alpha value is -3.97. The van der Waals surface area contributed by atoms with Crippen molar-refractivity contribution in [3.63, 3.8) is 0 Å². The molecule has 1 heterocycles. The highest BCUT2D eigenvalue weighted by molar-refractivity contribution is 6.09. The molecule has 2 N–H and O–H groups in total. The predicted octanol–water partition coefficient (Wildman–Crippen LogP) is 3.26. The molecule has 7 heteroatoms. The zero-order valence-electron chi connectivity index (χ0n) is 19.2. The van der Waals surface area contributed by atoms with E-state index in [4.69, 9.17) is 0 Å². The molecule has 1 saturated heterocycles. The Kier molecular flexibility index (Phi) is 7.34. The van der Waals surface area contributed by atoms with Gasteiger partial charge in [-0.1, -0.05) is 42.5 Å². The molecule has 1 aliphatic rings. The minimum absolute atomic E-state index is 0.0340. The Bertz CT molecular complexity index is 1150. The molecular weight excluding hydrogens is 428 g/mol. The third kappa shape index (κ3) is 5.68. The zero-order valence-corrected chi connectivity index (χ0v) is 19.2. The lowest BCUT2D eigenvalue weighted by atomic mass is 10.1. The summed E-state index contributed by atoms with van der Waals surface area (Å²) in [5, 5.41) is 5.71. The number of nitrogens with zero attached hydrogens (tertiary/aromatic N) is 2. The van der Waals surface area contributed by atoms with Crippen molar-refractivity contribution in [1.82, 2.24) is 15.1 Å². The Morgan fingerprint density at radius 2 is 1.38 bits per heavy atom. The normalized spacial score (nSPS) is 13.9. The third-order valence-electron chi connectivity index (χ3n) is 5.90. The highest BCUT2D eigenvalue weighted by Gasteiger charge is 2.20. The summed E-state index contributed by atoms with van der Waals surface area (Å²) >= 11 is 0. The molecule has 7 nitrogen and oxygen atoms in total. The number of likely N-dealkylation sites (N-methyl/N-ethyl adjacent to an activating group) is 1. The van der Waals surface area contributed by atoms with E-state index in [-0.39, 0.29) is 17.7 Å². The van der Waals surface area contributed by atoms with E-state index in [1.54, 1.807) is 60.7 Å². The summed E-state index contributed by atoms with van der Waals surface area (Å²) in [6.07, 6.45) is 0. The molecule has 0 unspecified atom stereocenters. The van der Waals surface area contributed by atoms with Gasteiger partial charge in [0, 0.05) is 43.9 Å². The maximum atomic E-state index is 12.8. The molecule has 0 aromatic heterocycles. The van der Waals surface area contributed by atoms with Crippen LogP contribution in [0.2, 0.25) is 0 Å². The zero-order chi connectivity index (χ0) is 23.9. The Balaban J connectivity index is 1.36. The number of amides is 3. The first-order valence-electron chi connectivity index (χ1n) is 11.3. The van der Waals surface area contributed by atoms with Gasteiger partial charge in [-0.3, -0.25) is 14.4 Å². The molecule has 174 valence electrons. The van der Waals surface area contributed by atoms with Gasteiger partial charge in [0.05, 0.1) is 11.3 Å². The van der Waals surface area contributed by atoms with Crippen molar-refractivity contribution in [2.24, 2.45) is 0 Å². The van der Waals surface area contributed by atoms with Gasteiger partial charge in [0.1, 0.15) is 0 Å². The number of carbonyl (C=O) groups is 3. The van der Waals surface area contributed by atoms with Crippen LogP contribution >= 0.6 is 0 Å². The van der Waals surface area contributed by atoms with Crippen LogP contribution in [0.1, 0.15) is 36.6 Å². The molecule has 1 fully saturated rings. The van der Waals surface area contributed by atoms with Crippen LogP contribution in [0.3, 0.4) is 0 Å². The number of para-hydroxylation sites is 1. The minimum Gasteiger partial charge on any atom is -0.348 e. The van der Waals surface area contributed by atoms with E-state index >= 15 is 0 Å². The van der Waals surface area contributed by atoms with Gasteiger partial charge in [-0.05, 0) is 49.0 Å². The number of rotatable bonds is 6. The second-order valence-corrected chi connectivity index (χ2v) is 8.34. The Morgan fingerprint density at radius 1 is 0.735 bits per heavy atom. The number of nitrogens with one attached hydrogen (secondary N) is 2. The van der Waals surface area contributed by atoms with Crippen molar-refractivity contribution < 1.29 is 14.4 Å². The highest BCUT2D eigenvalue weighted by Crippen LogP contribution is 2.17. The van der Waals surface area contributed by atoms with Gasteiger partial charge < -0.3 is 20.4 Å². The summed E-state index contributed by atoms with van der Waals surface area (Å²) in [5.41, 5.74) is 2.88. The Morgan fingerprint density at radius 3 is 2.09 bits per heavy atom. The molecule has 3 aromatic carbocycles. The standard InChI is InChI=1S/C27H28N4O3/c1-30-15-17-31(18-16-30)27(34)22-13-11-20(12-14-22)19-28-26(33)23-9-5-6-10-24(23)29-25(32)21-7-3-2-4-8-21/h2-14H,15-19H2,1H3,(H,28,33)(H,29,32). The molecule has 3 amide bonds. The molecule has 34 heavy (non-hydrogen) atoms. The summed E-state index contributed by atoms with van der Waals surface area (Å²) in [6, 6.07) is 23.1. The van der Waals surface area contributed by atoms with Gasteiger partial charge in [-0.25, -0.2) is 0 Å². The van der Waals surface area contributed by atoms with Crippen molar-refractivity contribution in [3.8, 4) is 0 Å². The molecule has 0 atom stereocenters. The smallest absolute Gasteiger partial charge is 0.255 e. The van der Waals surface area contributed by atoms with Gasteiger partial charge in [0.25, 0.3) is 17.7 Å². The number of hydrogen-bond donors (Lipinski definition) is 2. The summed E-state index contributed by atoms with van der Waals surface area (Å²) in [4.78, 5) is 42.1. The van der Waals surface area contributed by atoms with Crippen molar-refractivity contribution in [2.75, 3.05) is 38.5 Å². The second kappa shape index (κ2) is 10.8. The van der Waals surface area contributed by atoms with Crippen LogP contribution in [0.5, 0.6) is 0 Å². The number of hydrogen-bond acceptors (Lipinski definition) is 4. The molecule has 3 aromatic rings. The SMILES string of the molecule is CN1CCN(C(=O)c2ccc(CNC(=O)c3ccccc3NC(=O)c3ccccc3)cc2)CC1. The van der Waals surface area contributed by atoms with Gasteiger partial charge in [0.2, 0.25) is 0 Å². The fraction of sp³-hybridized carbons (Fsp3) is 0.222. The maximum Gasteiger partial charge on any atom is 0.255 e. The van der Waals surface area contributed by atoms with Gasteiger partial charge in [-0.15, -0.1) is 0 Å². The van der Waals surface area contributed by atoms with Crippen molar-refractivity contribution in [3.05, 3.63) is 101 Å². The monoisotopic (exact) mass is 456 g/mol. The van der Waals surface area contributed by atoms with Crippen molar-refractivity contribution in [2.45, 2.75) is 6.54 Å². The minimum atomic E-state index is -0.290. The van der Waals surface area contributed by atoms with Crippen molar-refractivity contribution >= 4 is 23.4 Å². The van der Waals surface area contributed by atoms with E-state index in [1.165, 1.54) is 0 Å². The average Bonchev–Trinajstić information content (AvgIpc) is 2.88. The first kappa shape index (κ1) is 23.2. The number of benzene rings is 3. The molecule has 4 rings (SSSR count). The van der Waals surface area contributed by atoms with E-state index in [9.17, 15) is 14.4 Å². The summed E-state index contributed by atoms with van der Waals surface area (Å²) in [6.45, 7) is 3.52. The lowest BCUT2D eigenvalue weighted by Gasteiger charge is -2.32. The van der Waals surface area contributed by atoms with Gasteiger partial charge >= 0.3 is 0 Å². The average molecular weight is 457 g/mol. The van der Waals surface area contributed by atoms with E-state index in [1.807, 2.05) is 23.1 Å². The second-order valence-electron chi connectivity index (χ2n) is 8.34. The molecule has 0 spiro atoms. The first-order chi connectivity index (χ1) is 16.5. The molecular formula is C27H28N4O3. The first-order valence-corrected chi connectivity index (χ1v) is 11.3. The largest absolute Gasteiger partial charge is 0.348 e. The van der Waals surface area contributed by atoms with E-state index in [0.29, 0.717) is 28.9 Å². The summed E-state index contributed by atoms with van der Waals surface area (Å²) < 4.78 is 0. The Labute approximate surface area is 199 Å². The lowest BCUT2D eigenvalue weighted by molar-refractivity contribution is 0.0663. The number of piperazine rings is 1. The maximum absolute atomic E-state index is 12.8. The van der Waals surface area contributed by atoms with Crippen LogP contribution in [0.4, 0.5) is 5.69 Å². The van der Waals surface area contributed by atoms with Crippen LogP contribution in [-0.4, -0.2) is 60.7 Å². The number of anilines is 1.